The largest absolute Gasteiger partial charge is 0.486 e. The Morgan fingerprint density at radius 1 is 1.35 bits per heavy atom. The van der Waals surface area contributed by atoms with E-state index in [2.05, 4.69) is 15.9 Å². The average molecular weight is 302 g/mol. The molecular weight excluding hydrogens is 286 g/mol. The minimum Gasteiger partial charge on any atom is -0.486 e. The van der Waals surface area contributed by atoms with Gasteiger partial charge in [-0.3, -0.25) is 0 Å². The summed E-state index contributed by atoms with van der Waals surface area (Å²) in [6, 6.07) is 3.59. The first-order valence-corrected chi connectivity index (χ1v) is 6.25. The topological polar surface area (TPSA) is 64.7 Å². The number of fused-ring (bicyclic) bond motifs is 1. The minimum absolute atomic E-state index is 0.519. The van der Waals surface area contributed by atoms with Crippen molar-refractivity contribution in [3.63, 3.8) is 0 Å². The van der Waals surface area contributed by atoms with Gasteiger partial charge in [-0.15, -0.1) is 0 Å². The lowest BCUT2D eigenvalue weighted by molar-refractivity contribution is 0.103. The van der Waals surface area contributed by atoms with Gasteiger partial charge in [-0.1, -0.05) is 0 Å². The summed E-state index contributed by atoms with van der Waals surface area (Å²) in [5.74, 6) is 1.32. The van der Waals surface area contributed by atoms with Gasteiger partial charge in [-0.05, 0) is 47.5 Å². The Labute approximate surface area is 109 Å². The average Bonchev–Trinajstić information content (AvgIpc) is 2.27. The molecule has 1 aromatic rings. The van der Waals surface area contributed by atoms with Crippen molar-refractivity contribution in [2.75, 3.05) is 13.2 Å². The number of halogens is 1. The predicted octanol–water partition coefficient (Wildman–Crippen LogP) is 1.99. The van der Waals surface area contributed by atoms with Crippen LogP contribution >= 0.6 is 15.9 Å². The molecule has 0 saturated carbocycles. The van der Waals surface area contributed by atoms with Gasteiger partial charge >= 0.3 is 0 Å². The lowest BCUT2D eigenvalue weighted by Crippen LogP contribution is -2.39. The second kappa shape index (κ2) is 4.48. The molecule has 0 fully saturated rings. The molecule has 0 spiro atoms. The fourth-order valence-corrected chi connectivity index (χ4v) is 2.29. The van der Waals surface area contributed by atoms with Crippen molar-refractivity contribution in [3.8, 4) is 11.5 Å². The summed E-state index contributed by atoms with van der Waals surface area (Å²) >= 11 is 3.41. The molecule has 1 heterocycles. The van der Waals surface area contributed by atoms with Gasteiger partial charge in [0.25, 0.3) is 0 Å². The summed E-state index contributed by atoms with van der Waals surface area (Å²) in [5, 5.41) is 10.1. The van der Waals surface area contributed by atoms with Crippen molar-refractivity contribution < 1.29 is 14.6 Å². The van der Waals surface area contributed by atoms with Gasteiger partial charge in [-0.2, -0.15) is 0 Å². The molecule has 1 aromatic carbocycles. The molecule has 5 heteroatoms. The van der Waals surface area contributed by atoms with Crippen molar-refractivity contribution in [1.82, 2.24) is 0 Å². The fourth-order valence-electron chi connectivity index (χ4n) is 1.72. The Bertz CT molecular complexity index is 428. The number of benzene rings is 1. The smallest absolute Gasteiger partial charge is 0.175 e. The van der Waals surface area contributed by atoms with E-state index in [1.807, 2.05) is 6.07 Å². The zero-order valence-electron chi connectivity index (χ0n) is 9.87. The second-order valence-corrected chi connectivity index (χ2v) is 5.61. The van der Waals surface area contributed by atoms with Gasteiger partial charge in [0.15, 0.2) is 11.5 Å². The third-order valence-corrected chi connectivity index (χ3v) is 3.23. The molecule has 4 nitrogen and oxygen atoms in total. The van der Waals surface area contributed by atoms with Crippen LogP contribution in [-0.2, 0) is 0 Å². The summed E-state index contributed by atoms with van der Waals surface area (Å²) in [4.78, 5) is 0. The monoisotopic (exact) mass is 301 g/mol. The van der Waals surface area contributed by atoms with E-state index in [1.165, 1.54) is 0 Å². The van der Waals surface area contributed by atoms with Gasteiger partial charge in [0.1, 0.15) is 13.2 Å². The number of ether oxygens (including phenoxy) is 2. The van der Waals surface area contributed by atoms with Crippen LogP contribution in [0.2, 0.25) is 0 Å². The summed E-state index contributed by atoms with van der Waals surface area (Å²) in [7, 11) is 0. The van der Waals surface area contributed by atoms with Gasteiger partial charge in [0.05, 0.1) is 10.6 Å². The van der Waals surface area contributed by atoms with Gasteiger partial charge in [0.2, 0.25) is 0 Å². The maximum atomic E-state index is 10.1. The molecule has 0 saturated heterocycles. The Morgan fingerprint density at radius 2 is 2.00 bits per heavy atom. The van der Waals surface area contributed by atoms with Crippen LogP contribution in [0.25, 0.3) is 0 Å². The molecular formula is C12H16BrNO3. The van der Waals surface area contributed by atoms with Crippen LogP contribution < -0.4 is 15.2 Å². The highest BCUT2D eigenvalue weighted by molar-refractivity contribution is 9.10. The maximum absolute atomic E-state index is 10.1. The highest BCUT2D eigenvalue weighted by atomic mass is 79.9. The molecule has 94 valence electrons. The quantitative estimate of drug-likeness (QED) is 0.877. The lowest BCUT2D eigenvalue weighted by atomic mass is 9.92. The van der Waals surface area contributed by atoms with E-state index in [0.717, 1.165) is 4.47 Å². The molecule has 0 amide bonds. The van der Waals surface area contributed by atoms with Crippen LogP contribution in [0.15, 0.2) is 16.6 Å². The summed E-state index contributed by atoms with van der Waals surface area (Å²) in [6.45, 7) is 4.62. The zero-order valence-corrected chi connectivity index (χ0v) is 11.5. The molecule has 17 heavy (non-hydrogen) atoms. The molecule has 2 rings (SSSR count). The number of nitrogens with two attached hydrogens (primary N) is 1. The molecule has 1 aliphatic rings. The van der Waals surface area contributed by atoms with E-state index in [-0.39, 0.29) is 0 Å². The van der Waals surface area contributed by atoms with E-state index in [9.17, 15) is 5.11 Å². The van der Waals surface area contributed by atoms with E-state index >= 15 is 0 Å². The minimum atomic E-state index is -0.755. The van der Waals surface area contributed by atoms with E-state index in [4.69, 9.17) is 15.2 Å². The molecule has 3 N–H and O–H groups in total. The Balaban J connectivity index is 2.41. The van der Waals surface area contributed by atoms with E-state index in [0.29, 0.717) is 30.3 Å². The predicted molar refractivity (Wildman–Crippen MR) is 68.4 cm³/mol. The fraction of sp³-hybridized carbons (Fsp3) is 0.500. The number of rotatable bonds is 2. The summed E-state index contributed by atoms with van der Waals surface area (Å²) in [6.07, 6.45) is -0.755. The van der Waals surface area contributed by atoms with Crippen LogP contribution in [0.3, 0.4) is 0 Å². The first kappa shape index (κ1) is 12.7. The van der Waals surface area contributed by atoms with Crippen LogP contribution in [0.1, 0.15) is 25.5 Å². The maximum Gasteiger partial charge on any atom is 0.175 e. The van der Waals surface area contributed by atoms with E-state index < -0.39 is 11.6 Å². The van der Waals surface area contributed by atoms with Crippen molar-refractivity contribution in [3.05, 3.63) is 22.2 Å². The molecule has 0 aliphatic carbocycles. The molecule has 1 unspecified atom stereocenters. The van der Waals surface area contributed by atoms with Crippen LogP contribution in [-0.4, -0.2) is 23.9 Å². The molecule has 0 aromatic heterocycles. The summed E-state index contributed by atoms with van der Waals surface area (Å²) < 4.78 is 11.8. The number of aliphatic hydroxyl groups excluding tert-OH is 1. The first-order chi connectivity index (χ1) is 7.89. The van der Waals surface area contributed by atoms with Crippen molar-refractivity contribution in [1.29, 1.82) is 0 Å². The highest BCUT2D eigenvalue weighted by Crippen LogP contribution is 2.40. The highest BCUT2D eigenvalue weighted by Gasteiger charge is 2.27. The zero-order chi connectivity index (χ0) is 12.6. The number of aliphatic hydroxyl groups is 1. The Hall–Kier alpha value is -0.780. The first-order valence-electron chi connectivity index (χ1n) is 5.45. The van der Waals surface area contributed by atoms with Gasteiger partial charge in [-0.25, -0.2) is 0 Å². The normalized spacial score (nSPS) is 16.8. The Morgan fingerprint density at radius 3 is 2.65 bits per heavy atom. The standard InChI is InChI=1S/C12H16BrNO3/c1-12(2,14)11(15)7-5-8(13)10-9(6-7)16-3-4-17-10/h5-6,11,15H,3-4,14H2,1-2H3. The van der Waals surface area contributed by atoms with Crippen molar-refractivity contribution >= 4 is 15.9 Å². The number of hydrogen-bond donors (Lipinski definition) is 2. The Kier molecular flexibility index (Phi) is 3.34. The molecule has 1 aliphatic heterocycles. The van der Waals surface area contributed by atoms with Crippen molar-refractivity contribution in [2.24, 2.45) is 5.73 Å². The van der Waals surface area contributed by atoms with E-state index in [1.54, 1.807) is 19.9 Å². The second-order valence-electron chi connectivity index (χ2n) is 4.75. The third kappa shape index (κ3) is 2.56. The van der Waals surface area contributed by atoms with Gasteiger partial charge in [0, 0.05) is 5.54 Å². The third-order valence-electron chi connectivity index (χ3n) is 2.64. The van der Waals surface area contributed by atoms with Crippen LogP contribution in [0, 0.1) is 0 Å². The van der Waals surface area contributed by atoms with Crippen LogP contribution in [0.5, 0.6) is 11.5 Å². The molecule has 0 bridgehead atoms. The number of hydrogen-bond acceptors (Lipinski definition) is 4. The summed E-state index contributed by atoms with van der Waals surface area (Å²) in [5.41, 5.74) is 5.91. The van der Waals surface area contributed by atoms with Crippen LogP contribution in [0.4, 0.5) is 0 Å². The lowest BCUT2D eigenvalue weighted by Gasteiger charge is -2.28. The molecule has 1 atom stereocenters. The molecule has 0 radical (unpaired) electrons. The van der Waals surface area contributed by atoms with Crippen molar-refractivity contribution in [2.45, 2.75) is 25.5 Å². The van der Waals surface area contributed by atoms with Gasteiger partial charge < -0.3 is 20.3 Å². The SMILES string of the molecule is CC(C)(N)C(O)c1cc(Br)c2c(c1)OCCO2.